The Bertz CT molecular complexity index is 1300. The number of thiazole rings is 1. The van der Waals surface area contributed by atoms with Crippen molar-refractivity contribution in [3.63, 3.8) is 0 Å². The first-order chi connectivity index (χ1) is 16.4. The van der Waals surface area contributed by atoms with E-state index in [9.17, 15) is 27.6 Å². The Labute approximate surface area is 204 Å². The molecule has 0 aromatic carbocycles. The minimum atomic E-state index is -4.72. The maximum Gasteiger partial charge on any atom is 0.418 e. The monoisotopic (exact) mass is 528 g/mol. The minimum absolute atomic E-state index is 0.0751. The number of aromatic nitrogens is 4. The molecule has 3 N–H and O–H groups in total. The Morgan fingerprint density at radius 3 is 2.57 bits per heavy atom. The van der Waals surface area contributed by atoms with Crippen LogP contribution in [0.15, 0.2) is 24.8 Å². The van der Waals surface area contributed by atoms with E-state index in [0.717, 1.165) is 31.0 Å². The summed E-state index contributed by atoms with van der Waals surface area (Å²) in [7, 11) is 1.12. The van der Waals surface area contributed by atoms with Crippen LogP contribution in [0.1, 0.15) is 60.4 Å². The molecule has 10 nitrogen and oxygen atoms in total. The van der Waals surface area contributed by atoms with E-state index in [1.807, 2.05) is 0 Å². The third kappa shape index (κ3) is 5.89. The highest BCUT2D eigenvalue weighted by Gasteiger charge is 2.34. The molecule has 0 aliphatic heterocycles. The van der Waals surface area contributed by atoms with Gasteiger partial charge in [0, 0.05) is 18.5 Å². The van der Waals surface area contributed by atoms with E-state index in [2.05, 4.69) is 30.0 Å². The summed E-state index contributed by atoms with van der Waals surface area (Å²) in [6.07, 6.45) is -1.81. The van der Waals surface area contributed by atoms with Crippen LogP contribution in [0.5, 0.6) is 0 Å². The fourth-order valence-electron chi connectivity index (χ4n) is 2.90. The van der Waals surface area contributed by atoms with Gasteiger partial charge in [-0.25, -0.2) is 24.7 Å². The summed E-state index contributed by atoms with van der Waals surface area (Å²) in [6.45, 7) is 1.66. The molecule has 15 heteroatoms. The molecule has 184 valence electrons. The van der Waals surface area contributed by atoms with E-state index in [4.69, 9.17) is 17.3 Å². The Morgan fingerprint density at radius 2 is 1.91 bits per heavy atom. The van der Waals surface area contributed by atoms with Crippen molar-refractivity contribution in [2.24, 2.45) is 0 Å². The van der Waals surface area contributed by atoms with Gasteiger partial charge in [-0.15, -0.1) is 11.3 Å². The number of carbonyl (C=O) groups is 3. The largest absolute Gasteiger partial charge is 0.465 e. The smallest absolute Gasteiger partial charge is 0.418 e. The normalized spacial score (nSPS) is 12.2. The van der Waals surface area contributed by atoms with E-state index in [-0.39, 0.29) is 34.2 Å². The average Bonchev–Trinajstić information content (AvgIpc) is 3.29. The molecule has 0 spiro atoms. The highest BCUT2D eigenvalue weighted by atomic mass is 35.5. The molecule has 0 radical (unpaired) electrons. The van der Waals surface area contributed by atoms with Gasteiger partial charge in [0.25, 0.3) is 5.91 Å². The van der Waals surface area contributed by atoms with Crippen LogP contribution in [-0.2, 0) is 10.9 Å². The van der Waals surface area contributed by atoms with Gasteiger partial charge in [-0.2, -0.15) is 13.2 Å². The Balaban J connectivity index is 1.74. The average molecular weight is 529 g/mol. The number of nitrogens with one attached hydrogen (secondary N) is 1. The predicted molar refractivity (Wildman–Crippen MR) is 119 cm³/mol. The summed E-state index contributed by atoms with van der Waals surface area (Å²) in [4.78, 5) is 52.7. The number of esters is 1. The topological polar surface area (TPSA) is 150 Å². The van der Waals surface area contributed by atoms with Gasteiger partial charge in [0.15, 0.2) is 5.78 Å². The molecule has 0 saturated carbocycles. The number of halogens is 4. The lowest BCUT2D eigenvalue weighted by atomic mass is 10.0. The number of nitrogens with two attached hydrogens (primary N) is 1. The van der Waals surface area contributed by atoms with Crippen LogP contribution in [0, 0.1) is 0 Å². The fourth-order valence-corrected chi connectivity index (χ4v) is 3.97. The van der Waals surface area contributed by atoms with Crippen molar-refractivity contribution in [1.29, 1.82) is 0 Å². The Morgan fingerprint density at radius 1 is 1.20 bits per heavy atom. The van der Waals surface area contributed by atoms with Crippen LogP contribution in [0.3, 0.4) is 0 Å². The van der Waals surface area contributed by atoms with Gasteiger partial charge < -0.3 is 15.8 Å². The van der Waals surface area contributed by atoms with Gasteiger partial charge >= 0.3 is 12.1 Å². The van der Waals surface area contributed by atoms with Gasteiger partial charge in [0.2, 0.25) is 0 Å². The number of hydrogen-bond donors (Lipinski definition) is 2. The quantitative estimate of drug-likeness (QED) is 0.342. The number of Topliss-reactive ketones (excluding diaryl/α,β-unsaturated/α-hetero) is 1. The third-order valence-corrected chi connectivity index (χ3v) is 6.12. The number of pyridine rings is 1. The molecule has 3 rings (SSSR count). The molecule has 0 aliphatic rings. The molecule has 1 amide bonds. The number of ether oxygens (including phenoxy) is 1. The fraction of sp³-hybridized carbons (Fsp3) is 0.250. The zero-order valence-electron chi connectivity index (χ0n) is 18.0. The Kier molecular flexibility index (Phi) is 7.65. The van der Waals surface area contributed by atoms with Crippen LogP contribution >= 0.6 is 22.9 Å². The number of nitrogens with zero attached hydrogens (tertiary/aromatic N) is 4. The Hall–Kier alpha value is -3.65. The maximum atomic E-state index is 13.0. The lowest BCUT2D eigenvalue weighted by Crippen LogP contribution is -2.17. The molecule has 0 fully saturated rings. The molecule has 0 bridgehead atoms. The second-order valence-corrected chi connectivity index (χ2v) is 8.54. The van der Waals surface area contributed by atoms with Gasteiger partial charge in [0.05, 0.1) is 28.9 Å². The summed E-state index contributed by atoms with van der Waals surface area (Å²) in [5.41, 5.74) is 4.09. The van der Waals surface area contributed by atoms with Gasteiger partial charge in [0.1, 0.15) is 34.1 Å². The first-order valence-corrected chi connectivity index (χ1v) is 10.8. The van der Waals surface area contributed by atoms with E-state index in [0.29, 0.717) is 11.1 Å². The van der Waals surface area contributed by atoms with E-state index >= 15 is 0 Å². The number of anilines is 2. The number of hydrogen-bond acceptors (Lipinski definition) is 10. The zero-order chi connectivity index (χ0) is 25.9. The van der Waals surface area contributed by atoms with E-state index in [1.165, 1.54) is 6.20 Å². The summed E-state index contributed by atoms with van der Waals surface area (Å²) in [6, 6.07) is 0.621. The standard InChI is InChI=1S/C20H16ClF3N6O4S/c1-8(3-11(31)15-14(19(33)34-2)16(25)29-7-28-15)18-27-6-12(35-18)17(32)30-13-4-9(20(22,23)24)10(21)5-26-13/h4-8H,3H2,1-2H3,(H2,25,28,29)(H,26,30,32). The third-order valence-electron chi connectivity index (χ3n) is 4.59. The summed E-state index contributed by atoms with van der Waals surface area (Å²) in [5, 5.41) is 2.05. The molecular weight excluding hydrogens is 513 g/mol. The predicted octanol–water partition coefficient (Wildman–Crippen LogP) is 4.00. The molecule has 3 aromatic rings. The second-order valence-electron chi connectivity index (χ2n) is 7.07. The highest BCUT2D eigenvalue weighted by molar-refractivity contribution is 7.13. The number of carbonyl (C=O) groups excluding carboxylic acids is 3. The van der Waals surface area contributed by atoms with E-state index < -0.39 is 40.3 Å². The molecule has 35 heavy (non-hydrogen) atoms. The second kappa shape index (κ2) is 10.3. The molecule has 0 aliphatic carbocycles. The first-order valence-electron chi connectivity index (χ1n) is 9.64. The van der Waals surface area contributed by atoms with Gasteiger partial charge in [-0.3, -0.25) is 9.59 Å². The van der Waals surface area contributed by atoms with Crippen molar-refractivity contribution >= 4 is 52.2 Å². The maximum absolute atomic E-state index is 13.0. The van der Waals surface area contributed by atoms with Crippen molar-refractivity contribution in [1.82, 2.24) is 19.9 Å². The molecular formula is C20H16ClF3N6O4S. The molecule has 1 unspecified atom stereocenters. The number of nitrogen functional groups attached to an aromatic ring is 1. The lowest BCUT2D eigenvalue weighted by Gasteiger charge is -2.11. The summed E-state index contributed by atoms with van der Waals surface area (Å²) in [5.74, 6) is -3.19. The van der Waals surface area contributed by atoms with Crippen molar-refractivity contribution in [2.75, 3.05) is 18.2 Å². The van der Waals surface area contributed by atoms with Crippen molar-refractivity contribution in [3.05, 3.63) is 56.5 Å². The number of amides is 1. The number of methoxy groups -OCH3 is 1. The van der Waals surface area contributed by atoms with Crippen LogP contribution in [0.2, 0.25) is 5.02 Å². The van der Waals surface area contributed by atoms with Gasteiger partial charge in [-0.05, 0) is 6.07 Å². The van der Waals surface area contributed by atoms with Gasteiger partial charge in [-0.1, -0.05) is 18.5 Å². The number of alkyl halides is 3. The first kappa shape index (κ1) is 26.0. The SMILES string of the molecule is COC(=O)c1c(N)ncnc1C(=O)CC(C)c1ncc(C(=O)Nc2cc(C(F)(F)F)c(Cl)cn2)s1. The van der Waals surface area contributed by atoms with Crippen molar-refractivity contribution in [2.45, 2.75) is 25.4 Å². The summed E-state index contributed by atoms with van der Waals surface area (Å²) >= 11 is 6.47. The zero-order valence-corrected chi connectivity index (χ0v) is 19.6. The highest BCUT2D eigenvalue weighted by Crippen LogP contribution is 2.35. The van der Waals surface area contributed by atoms with E-state index in [1.54, 1.807) is 6.92 Å². The van der Waals surface area contributed by atoms with Crippen LogP contribution in [0.25, 0.3) is 0 Å². The molecule has 3 heterocycles. The minimum Gasteiger partial charge on any atom is -0.465 e. The number of ketones is 1. The van der Waals surface area contributed by atoms with Crippen molar-refractivity contribution in [3.8, 4) is 0 Å². The van der Waals surface area contributed by atoms with Crippen LogP contribution in [0.4, 0.5) is 24.8 Å². The van der Waals surface area contributed by atoms with Crippen LogP contribution in [-0.4, -0.2) is 44.7 Å². The molecule has 0 saturated heterocycles. The lowest BCUT2D eigenvalue weighted by molar-refractivity contribution is -0.137. The molecule has 3 aromatic heterocycles. The van der Waals surface area contributed by atoms with Crippen LogP contribution < -0.4 is 11.1 Å². The number of rotatable bonds is 7. The van der Waals surface area contributed by atoms with Crippen molar-refractivity contribution < 1.29 is 32.3 Å². The molecule has 1 atom stereocenters. The summed E-state index contributed by atoms with van der Waals surface area (Å²) < 4.78 is 43.7.